The van der Waals surface area contributed by atoms with E-state index in [0.29, 0.717) is 5.56 Å². The molecule has 0 saturated carbocycles. The highest BCUT2D eigenvalue weighted by atomic mass is 16.6. The van der Waals surface area contributed by atoms with Gasteiger partial charge in [-0.05, 0) is 25.5 Å². The van der Waals surface area contributed by atoms with E-state index in [2.05, 4.69) is 5.32 Å². The van der Waals surface area contributed by atoms with Gasteiger partial charge in [-0.1, -0.05) is 12.1 Å². The summed E-state index contributed by atoms with van der Waals surface area (Å²) in [4.78, 5) is 10.6. The van der Waals surface area contributed by atoms with Gasteiger partial charge in [-0.3, -0.25) is 10.1 Å². The molecule has 1 aliphatic rings. The summed E-state index contributed by atoms with van der Waals surface area (Å²) in [5.74, 6) is 0.137. The highest BCUT2D eigenvalue weighted by molar-refractivity contribution is 5.55. The topological polar surface area (TPSA) is 79.0 Å². The first-order valence-electron chi connectivity index (χ1n) is 5.62. The van der Waals surface area contributed by atoms with E-state index in [4.69, 9.17) is 5.26 Å². The molecule has 0 aliphatic carbocycles. The minimum absolute atomic E-state index is 0.0244. The van der Waals surface area contributed by atoms with Gasteiger partial charge in [0.2, 0.25) is 0 Å². The smallest absolute Gasteiger partial charge is 0.290 e. The van der Waals surface area contributed by atoms with E-state index < -0.39 is 4.92 Å². The van der Waals surface area contributed by atoms with Crippen LogP contribution in [0.1, 0.15) is 29.9 Å². The van der Waals surface area contributed by atoms with E-state index in [1.54, 1.807) is 12.1 Å². The van der Waals surface area contributed by atoms with Gasteiger partial charge in [-0.2, -0.15) is 5.26 Å². The molecule has 1 N–H and O–H groups in total. The molecule has 5 nitrogen and oxygen atoms in total. The Hall–Kier alpha value is -1.93. The van der Waals surface area contributed by atoms with Crippen molar-refractivity contribution in [2.75, 3.05) is 13.1 Å². The first-order valence-corrected chi connectivity index (χ1v) is 5.62. The zero-order chi connectivity index (χ0) is 12.3. The van der Waals surface area contributed by atoms with Crippen molar-refractivity contribution in [3.8, 4) is 6.07 Å². The third-order valence-corrected chi connectivity index (χ3v) is 3.11. The first-order chi connectivity index (χ1) is 8.24. The van der Waals surface area contributed by atoms with Gasteiger partial charge in [0, 0.05) is 18.0 Å². The van der Waals surface area contributed by atoms with Crippen molar-refractivity contribution in [2.45, 2.75) is 18.8 Å². The van der Waals surface area contributed by atoms with Crippen LogP contribution in [0.25, 0.3) is 0 Å². The van der Waals surface area contributed by atoms with Crippen molar-refractivity contribution >= 4 is 5.69 Å². The molecule has 88 valence electrons. The van der Waals surface area contributed by atoms with E-state index in [1.165, 1.54) is 6.07 Å². The van der Waals surface area contributed by atoms with Crippen LogP contribution in [0.2, 0.25) is 0 Å². The number of nitro benzene ring substituents is 1. The fourth-order valence-electron chi connectivity index (χ4n) is 2.30. The Labute approximate surface area is 99.2 Å². The summed E-state index contributed by atoms with van der Waals surface area (Å²) in [7, 11) is 0. The number of benzene rings is 1. The molecule has 17 heavy (non-hydrogen) atoms. The third-order valence-electron chi connectivity index (χ3n) is 3.11. The lowest BCUT2D eigenvalue weighted by molar-refractivity contribution is -0.386. The van der Waals surface area contributed by atoms with Crippen LogP contribution in [0.4, 0.5) is 5.69 Å². The minimum Gasteiger partial charge on any atom is -0.316 e. The number of piperidine rings is 1. The Kier molecular flexibility index (Phi) is 3.35. The monoisotopic (exact) mass is 231 g/mol. The quantitative estimate of drug-likeness (QED) is 0.623. The Bertz CT molecular complexity index is 473. The van der Waals surface area contributed by atoms with Crippen LogP contribution in [-0.4, -0.2) is 18.0 Å². The Morgan fingerprint density at radius 1 is 1.53 bits per heavy atom. The van der Waals surface area contributed by atoms with Crippen molar-refractivity contribution in [2.24, 2.45) is 0 Å². The summed E-state index contributed by atoms with van der Waals surface area (Å²) in [6.07, 6.45) is 1.95. The predicted octanol–water partition coefficient (Wildman–Crippen LogP) is 1.93. The van der Waals surface area contributed by atoms with Gasteiger partial charge in [-0.15, -0.1) is 0 Å². The number of nitro groups is 1. The number of hydrogen-bond donors (Lipinski definition) is 1. The van der Waals surface area contributed by atoms with Crippen LogP contribution < -0.4 is 5.32 Å². The molecular formula is C12H13N3O2. The number of nitrogens with one attached hydrogen (secondary N) is 1. The molecule has 1 unspecified atom stereocenters. The second-order valence-electron chi connectivity index (χ2n) is 4.16. The zero-order valence-corrected chi connectivity index (χ0v) is 9.35. The molecule has 1 aromatic carbocycles. The summed E-state index contributed by atoms with van der Waals surface area (Å²) in [6.45, 7) is 1.71. The maximum atomic E-state index is 11.1. The van der Waals surface area contributed by atoms with Gasteiger partial charge in [0.25, 0.3) is 5.69 Å². The molecule has 0 spiro atoms. The first kappa shape index (κ1) is 11.6. The van der Waals surface area contributed by atoms with E-state index in [1.807, 2.05) is 6.07 Å². The number of hydrogen-bond acceptors (Lipinski definition) is 4. The van der Waals surface area contributed by atoms with Crippen molar-refractivity contribution in [1.29, 1.82) is 5.26 Å². The Balaban J connectivity index is 2.45. The molecule has 1 fully saturated rings. The fourth-order valence-corrected chi connectivity index (χ4v) is 2.30. The SMILES string of the molecule is N#Cc1cccc(C2CCCNC2)c1[N+](=O)[O-]. The molecule has 2 rings (SSSR count). The van der Waals surface area contributed by atoms with Crippen LogP contribution in [0, 0.1) is 21.4 Å². The van der Waals surface area contributed by atoms with Gasteiger partial charge in [-0.25, -0.2) is 0 Å². The third kappa shape index (κ3) is 2.27. The van der Waals surface area contributed by atoms with Crippen molar-refractivity contribution in [3.63, 3.8) is 0 Å². The number of nitrogens with zero attached hydrogens (tertiary/aromatic N) is 2. The van der Waals surface area contributed by atoms with Crippen LogP contribution in [0.3, 0.4) is 0 Å². The number of rotatable bonds is 2. The molecule has 1 aromatic rings. The van der Waals surface area contributed by atoms with Crippen LogP contribution >= 0.6 is 0 Å². The molecule has 0 amide bonds. The average molecular weight is 231 g/mol. The summed E-state index contributed by atoms with van der Waals surface area (Å²) in [5, 5.41) is 23.2. The zero-order valence-electron chi connectivity index (χ0n) is 9.35. The standard InChI is InChI=1S/C12H13N3O2/c13-7-9-3-1-5-11(12(9)15(16)17)10-4-2-6-14-8-10/h1,3,5,10,14H,2,4,6,8H2. The van der Waals surface area contributed by atoms with Crippen LogP contribution in [0.15, 0.2) is 18.2 Å². The van der Waals surface area contributed by atoms with E-state index >= 15 is 0 Å². The normalized spacial score (nSPS) is 19.6. The van der Waals surface area contributed by atoms with Gasteiger partial charge < -0.3 is 5.32 Å². The van der Waals surface area contributed by atoms with E-state index in [0.717, 1.165) is 25.9 Å². The highest BCUT2D eigenvalue weighted by Crippen LogP contribution is 2.33. The van der Waals surface area contributed by atoms with Crippen molar-refractivity contribution < 1.29 is 4.92 Å². The Morgan fingerprint density at radius 2 is 2.35 bits per heavy atom. The predicted molar refractivity (Wildman–Crippen MR) is 62.7 cm³/mol. The van der Waals surface area contributed by atoms with Gasteiger partial charge in [0.05, 0.1) is 4.92 Å². The molecule has 1 heterocycles. The molecular weight excluding hydrogens is 218 g/mol. The highest BCUT2D eigenvalue weighted by Gasteiger charge is 2.26. The van der Waals surface area contributed by atoms with Gasteiger partial charge >= 0.3 is 0 Å². The minimum atomic E-state index is -0.442. The maximum absolute atomic E-state index is 11.1. The van der Waals surface area contributed by atoms with Crippen LogP contribution in [0.5, 0.6) is 0 Å². The number of nitriles is 1. The fraction of sp³-hybridized carbons (Fsp3) is 0.417. The van der Waals surface area contributed by atoms with E-state index in [9.17, 15) is 10.1 Å². The summed E-state index contributed by atoms with van der Waals surface area (Å²) in [6, 6.07) is 6.87. The van der Waals surface area contributed by atoms with Crippen molar-refractivity contribution in [1.82, 2.24) is 5.32 Å². The summed E-state index contributed by atoms with van der Waals surface area (Å²) < 4.78 is 0. The lowest BCUT2D eigenvalue weighted by atomic mass is 9.89. The molecule has 1 saturated heterocycles. The molecule has 1 atom stereocenters. The van der Waals surface area contributed by atoms with Crippen molar-refractivity contribution in [3.05, 3.63) is 39.4 Å². The molecule has 0 aromatic heterocycles. The largest absolute Gasteiger partial charge is 0.316 e. The Morgan fingerprint density at radius 3 is 2.94 bits per heavy atom. The lowest BCUT2D eigenvalue weighted by Gasteiger charge is -2.22. The average Bonchev–Trinajstić information content (AvgIpc) is 2.38. The van der Waals surface area contributed by atoms with Gasteiger partial charge in [0.1, 0.15) is 11.6 Å². The lowest BCUT2D eigenvalue weighted by Crippen LogP contribution is -2.28. The summed E-state index contributed by atoms with van der Waals surface area (Å²) in [5.41, 5.74) is 0.808. The molecule has 0 radical (unpaired) electrons. The number of para-hydroxylation sites is 1. The van der Waals surface area contributed by atoms with Gasteiger partial charge in [0.15, 0.2) is 0 Å². The van der Waals surface area contributed by atoms with Crippen LogP contribution in [-0.2, 0) is 0 Å². The van der Waals surface area contributed by atoms with E-state index in [-0.39, 0.29) is 17.2 Å². The molecule has 0 bridgehead atoms. The maximum Gasteiger partial charge on any atom is 0.290 e. The molecule has 1 aliphatic heterocycles. The second-order valence-corrected chi connectivity index (χ2v) is 4.16. The summed E-state index contributed by atoms with van der Waals surface area (Å²) >= 11 is 0. The second kappa shape index (κ2) is 4.93. The molecule has 5 heteroatoms.